The first-order valence-electron chi connectivity index (χ1n) is 10.9. The van der Waals surface area contributed by atoms with Gasteiger partial charge >= 0.3 is 0 Å². The maximum Gasteiger partial charge on any atom is 0.246 e. The van der Waals surface area contributed by atoms with E-state index in [1.165, 1.54) is 23.1 Å². The smallest absolute Gasteiger partial charge is 0.246 e. The van der Waals surface area contributed by atoms with Crippen molar-refractivity contribution in [3.05, 3.63) is 59.9 Å². The lowest BCUT2D eigenvalue weighted by molar-refractivity contribution is -0.0625. The van der Waals surface area contributed by atoms with Crippen LogP contribution in [0.3, 0.4) is 0 Å². The Kier molecular flexibility index (Phi) is 5.75. The van der Waals surface area contributed by atoms with Crippen molar-refractivity contribution in [3.63, 3.8) is 0 Å². The Hall–Kier alpha value is -3.04. The zero-order chi connectivity index (χ0) is 22.1. The molecule has 7 nitrogen and oxygen atoms in total. The zero-order valence-electron chi connectivity index (χ0n) is 18.0. The van der Waals surface area contributed by atoms with Gasteiger partial charge < -0.3 is 15.0 Å². The van der Waals surface area contributed by atoms with E-state index in [2.05, 4.69) is 44.3 Å². The highest BCUT2D eigenvalue weighted by atomic mass is 19.1. The summed E-state index contributed by atoms with van der Waals surface area (Å²) in [6, 6.07) is 10.1. The lowest BCUT2D eigenvalue weighted by Gasteiger charge is -2.36. The molecular weight excluding hydrogens is 414 g/mol. The number of ether oxygens (including phenoxy) is 1. The Balaban J connectivity index is 0.00000259. The van der Waals surface area contributed by atoms with Crippen LogP contribution in [0.25, 0.3) is 5.69 Å². The Morgan fingerprint density at radius 2 is 1.78 bits per heavy atom. The fourth-order valence-corrected chi connectivity index (χ4v) is 4.26. The van der Waals surface area contributed by atoms with E-state index in [-0.39, 0.29) is 7.11 Å². The van der Waals surface area contributed by atoms with Crippen molar-refractivity contribution in [2.75, 3.05) is 49.6 Å². The normalized spacial score (nSPS) is 17.8. The standard InChI is InChI=1S/C23H26F2N6O.H2/c1-16-7-19(27-23-26-15-31(28-23)21-10-17(24)9-18(25)11-21)12-20(8-16)29-3-2-4-30(6-5-29)22-13-32-14-22;/h7-12,15,22H,2-6,13-14H2,1H3,(H,27,28);1H. The molecule has 2 fully saturated rings. The molecule has 2 aliphatic rings. The molecule has 2 aliphatic heterocycles. The van der Waals surface area contributed by atoms with Gasteiger partial charge in [-0.3, -0.25) is 4.90 Å². The van der Waals surface area contributed by atoms with E-state index >= 15 is 0 Å². The molecule has 170 valence electrons. The second-order valence-corrected chi connectivity index (χ2v) is 8.39. The van der Waals surface area contributed by atoms with E-state index in [1.54, 1.807) is 0 Å². The summed E-state index contributed by atoms with van der Waals surface area (Å²) in [6.07, 6.45) is 2.55. The monoisotopic (exact) mass is 442 g/mol. The number of hydrogen-bond acceptors (Lipinski definition) is 6. The topological polar surface area (TPSA) is 58.5 Å². The highest BCUT2D eigenvalue weighted by molar-refractivity contribution is 5.64. The summed E-state index contributed by atoms with van der Waals surface area (Å²) in [5.74, 6) is -0.957. The van der Waals surface area contributed by atoms with Crippen molar-refractivity contribution in [3.8, 4) is 5.69 Å². The molecule has 32 heavy (non-hydrogen) atoms. The number of aryl methyl sites for hydroxylation is 1. The van der Waals surface area contributed by atoms with Crippen LogP contribution in [0.4, 0.5) is 26.1 Å². The molecule has 0 radical (unpaired) electrons. The molecule has 1 N–H and O–H groups in total. The van der Waals surface area contributed by atoms with Gasteiger partial charge in [-0.05, 0) is 49.2 Å². The van der Waals surface area contributed by atoms with Crippen molar-refractivity contribution in [1.29, 1.82) is 0 Å². The van der Waals surface area contributed by atoms with Crippen molar-refractivity contribution in [1.82, 2.24) is 19.7 Å². The number of rotatable bonds is 5. The van der Waals surface area contributed by atoms with E-state index in [9.17, 15) is 8.78 Å². The van der Waals surface area contributed by atoms with Gasteiger partial charge in [-0.25, -0.2) is 13.5 Å². The summed E-state index contributed by atoms with van der Waals surface area (Å²) >= 11 is 0. The Labute approximate surface area is 187 Å². The number of anilines is 3. The molecule has 0 spiro atoms. The van der Waals surface area contributed by atoms with Gasteiger partial charge in [-0.15, -0.1) is 5.10 Å². The van der Waals surface area contributed by atoms with Gasteiger partial charge in [-0.1, -0.05) is 0 Å². The van der Waals surface area contributed by atoms with Crippen LogP contribution in [0.5, 0.6) is 0 Å². The summed E-state index contributed by atoms with van der Waals surface area (Å²) in [5.41, 5.74) is 3.44. The van der Waals surface area contributed by atoms with Crippen LogP contribution in [-0.4, -0.2) is 65.1 Å². The quantitative estimate of drug-likeness (QED) is 0.650. The van der Waals surface area contributed by atoms with Crippen molar-refractivity contribution in [2.45, 2.75) is 19.4 Å². The SMILES string of the molecule is Cc1cc(Nc2ncn(-c3cc(F)cc(F)c3)n2)cc(N2CCCN(C3COC3)CC2)c1.[HH]. The maximum absolute atomic E-state index is 13.5. The van der Waals surface area contributed by atoms with E-state index in [0.717, 1.165) is 68.8 Å². The highest BCUT2D eigenvalue weighted by Crippen LogP contribution is 2.26. The van der Waals surface area contributed by atoms with Crippen molar-refractivity contribution < 1.29 is 14.9 Å². The third-order valence-corrected chi connectivity index (χ3v) is 5.95. The fraction of sp³-hybridized carbons (Fsp3) is 0.391. The lowest BCUT2D eigenvalue weighted by atomic mass is 10.1. The first-order chi connectivity index (χ1) is 15.5. The molecule has 0 aliphatic carbocycles. The van der Waals surface area contributed by atoms with E-state index in [0.29, 0.717) is 12.0 Å². The molecule has 2 saturated heterocycles. The average molecular weight is 443 g/mol. The van der Waals surface area contributed by atoms with Gasteiger partial charge in [0.1, 0.15) is 18.0 Å². The number of halogens is 2. The number of hydrogen-bond donors (Lipinski definition) is 1. The predicted octanol–water partition coefficient (Wildman–Crippen LogP) is 3.75. The lowest BCUT2D eigenvalue weighted by Crippen LogP contribution is -2.50. The molecule has 3 heterocycles. The molecule has 0 bridgehead atoms. The molecule has 0 amide bonds. The largest absolute Gasteiger partial charge is 0.378 e. The number of benzene rings is 2. The predicted molar refractivity (Wildman–Crippen MR) is 121 cm³/mol. The number of nitrogens with one attached hydrogen (secondary N) is 1. The van der Waals surface area contributed by atoms with Gasteiger partial charge in [0.15, 0.2) is 0 Å². The average Bonchev–Trinajstić information content (AvgIpc) is 3.03. The summed E-state index contributed by atoms with van der Waals surface area (Å²) in [6.45, 7) is 7.86. The van der Waals surface area contributed by atoms with E-state index in [4.69, 9.17) is 4.74 Å². The highest BCUT2D eigenvalue weighted by Gasteiger charge is 2.27. The molecule has 1 aromatic heterocycles. The van der Waals surface area contributed by atoms with Gasteiger partial charge in [0.05, 0.1) is 24.9 Å². The van der Waals surface area contributed by atoms with Gasteiger partial charge in [0.25, 0.3) is 0 Å². The molecule has 0 atom stereocenters. The second-order valence-electron chi connectivity index (χ2n) is 8.39. The van der Waals surface area contributed by atoms with E-state index < -0.39 is 11.6 Å². The first-order valence-corrected chi connectivity index (χ1v) is 10.9. The van der Waals surface area contributed by atoms with E-state index in [1.807, 2.05) is 6.07 Å². The van der Waals surface area contributed by atoms with Gasteiger partial charge in [-0.2, -0.15) is 4.98 Å². The van der Waals surface area contributed by atoms with Crippen LogP contribution in [0.2, 0.25) is 0 Å². The minimum atomic E-state index is -0.658. The minimum Gasteiger partial charge on any atom is -0.378 e. The van der Waals surface area contributed by atoms with Gasteiger partial charge in [0.2, 0.25) is 5.95 Å². The minimum absolute atomic E-state index is 0. The second kappa shape index (κ2) is 8.84. The number of aromatic nitrogens is 3. The summed E-state index contributed by atoms with van der Waals surface area (Å²) < 4.78 is 33.7. The molecule has 2 aromatic carbocycles. The Bertz CT molecular complexity index is 1090. The summed E-state index contributed by atoms with van der Waals surface area (Å²) in [7, 11) is 0. The first kappa shape index (κ1) is 20.8. The third-order valence-electron chi connectivity index (χ3n) is 5.95. The third kappa shape index (κ3) is 4.58. The Morgan fingerprint density at radius 1 is 0.969 bits per heavy atom. The van der Waals surface area contributed by atoms with Crippen molar-refractivity contribution >= 4 is 17.3 Å². The molecule has 9 heteroatoms. The Morgan fingerprint density at radius 3 is 2.53 bits per heavy atom. The van der Waals surface area contributed by atoms with Crippen LogP contribution >= 0.6 is 0 Å². The van der Waals surface area contributed by atoms with Crippen LogP contribution in [0, 0.1) is 18.6 Å². The van der Waals surface area contributed by atoms with Crippen LogP contribution in [0.15, 0.2) is 42.7 Å². The molecular formula is C23H28F2N6O. The summed E-state index contributed by atoms with van der Waals surface area (Å²) in [5, 5.41) is 7.54. The fourth-order valence-electron chi connectivity index (χ4n) is 4.26. The van der Waals surface area contributed by atoms with Crippen LogP contribution in [-0.2, 0) is 4.74 Å². The molecule has 0 unspecified atom stereocenters. The summed E-state index contributed by atoms with van der Waals surface area (Å²) in [4.78, 5) is 9.19. The molecule has 0 saturated carbocycles. The molecule has 3 aromatic rings. The maximum atomic E-state index is 13.5. The van der Waals surface area contributed by atoms with Crippen LogP contribution < -0.4 is 10.2 Å². The zero-order valence-corrected chi connectivity index (χ0v) is 18.0. The van der Waals surface area contributed by atoms with Gasteiger partial charge in [0, 0.05) is 45.0 Å². The molecule has 5 rings (SSSR count). The number of nitrogens with zero attached hydrogens (tertiary/aromatic N) is 5. The van der Waals surface area contributed by atoms with Crippen molar-refractivity contribution in [2.24, 2.45) is 0 Å². The van der Waals surface area contributed by atoms with Crippen LogP contribution in [0.1, 0.15) is 13.4 Å².